The van der Waals surface area contributed by atoms with Crippen LogP contribution >= 0.6 is 11.3 Å². The van der Waals surface area contributed by atoms with Crippen molar-refractivity contribution in [3.63, 3.8) is 0 Å². The summed E-state index contributed by atoms with van der Waals surface area (Å²) >= 11 is 1.50. The van der Waals surface area contributed by atoms with Crippen LogP contribution in [0.15, 0.2) is 24.3 Å². The normalized spacial score (nSPS) is 10.4. The molecule has 2 rings (SSSR count). The van der Waals surface area contributed by atoms with Gasteiger partial charge in [0.2, 0.25) is 5.91 Å². The number of thiazole rings is 1. The molecule has 0 unspecified atom stereocenters. The van der Waals surface area contributed by atoms with Gasteiger partial charge in [-0.15, -0.1) is 11.3 Å². The Kier molecular flexibility index (Phi) is 6.40. The predicted octanol–water partition coefficient (Wildman–Crippen LogP) is 3.96. The number of carbonyl (C=O) groups is 1. The van der Waals surface area contributed by atoms with Crippen molar-refractivity contribution in [3.8, 4) is 11.5 Å². The topological polar surface area (TPSA) is 60.5 Å². The first kappa shape index (κ1) is 17.3. The van der Waals surface area contributed by atoms with Crippen molar-refractivity contribution in [2.24, 2.45) is 0 Å². The summed E-state index contributed by atoms with van der Waals surface area (Å²) in [5.74, 6) is 1.57. The van der Waals surface area contributed by atoms with E-state index in [0.717, 1.165) is 22.1 Å². The van der Waals surface area contributed by atoms with E-state index in [1.54, 1.807) is 0 Å². The molecule has 1 aromatic carbocycles. The van der Waals surface area contributed by atoms with Crippen LogP contribution in [-0.4, -0.2) is 24.1 Å². The molecule has 0 fully saturated rings. The third-order valence-electron chi connectivity index (χ3n) is 3.23. The van der Waals surface area contributed by atoms with E-state index in [1.165, 1.54) is 11.3 Å². The first-order valence-corrected chi connectivity index (χ1v) is 8.49. The van der Waals surface area contributed by atoms with Gasteiger partial charge in [-0.05, 0) is 51.5 Å². The van der Waals surface area contributed by atoms with Crippen LogP contribution in [0, 0.1) is 13.8 Å². The Bertz CT molecular complexity index is 618. The molecule has 124 valence electrons. The van der Waals surface area contributed by atoms with Crippen molar-refractivity contribution in [1.82, 2.24) is 4.98 Å². The van der Waals surface area contributed by atoms with Gasteiger partial charge in [-0.25, -0.2) is 4.98 Å². The molecule has 2 aromatic rings. The zero-order chi connectivity index (χ0) is 16.7. The molecule has 0 spiro atoms. The molecular formula is C17H22N2O3S. The largest absolute Gasteiger partial charge is 0.494 e. The van der Waals surface area contributed by atoms with Crippen molar-refractivity contribution in [2.75, 3.05) is 18.5 Å². The molecular weight excluding hydrogens is 312 g/mol. The first-order chi connectivity index (χ1) is 11.1. The second-order valence-corrected chi connectivity index (χ2v) is 6.27. The average Bonchev–Trinajstić information content (AvgIpc) is 2.83. The first-order valence-electron chi connectivity index (χ1n) is 7.68. The van der Waals surface area contributed by atoms with Crippen LogP contribution in [0.5, 0.6) is 11.5 Å². The number of anilines is 1. The molecule has 1 amide bonds. The number of benzene rings is 1. The SMILES string of the molecule is CCOc1ccc(OCCCC(=O)Nc2nc(C)c(C)s2)cc1. The maximum Gasteiger partial charge on any atom is 0.226 e. The summed E-state index contributed by atoms with van der Waals surface area (Å²) in [6, 6.07) is 7.48. The van der Waals surface area contributed by atoms with Crippen molar-refractivity contribution >= 4 is 22.4 Å². The Balaban J connectivity index is 1.67. The molecule has 6 heteroatoms. The minimum absolute atomic E-state index is 0.0333. The van der Waals surface area contributed by atoms with Gasteiger partial charge in [0, 0.05) is 11.3 Å². The molecule has 0 radical (unpaired) electrons. The number of carbonyl (C=O) groups excluding carboxylic acids is 1. The van der Waals surface area contributed by atoms with Crippen molar-refractivity contribution in [2.45, 2.75) is 33.6 Å². The van der Waals surface area contributed by atoms with Gasteiger partial charge in [0.05, 0.1) is 18.9 Å². The van der Waals surface area contributed by atoms with E-state index in [1.807, 2.05) is 45.0 Å². The smallest absolute Gasteiger partial charge is 0.226 e. The van der Waals surface area contributed by atoms with Crippen LogP contribution in [0.25, 0.3) is 0 Å². The summed E-state index contributed by atoms with van der Waals surface area (Å²) in [6.07, 6.45) is 1.07. The minimum Gasteiger partial charge on any atom is -0.494 e. The quantitative estimate of drug-likeness (QED) is 0.742. The second-order valence-electron chi connectivity index (χ2n) is 5.07. The molecule has 1 aromatic heterocycles. The average molecular weight is 334 g/mol. The van der Waals surface area contributed by atoms with Gasteiger partial charge in [0.15, 0.2) is 5.13 Å². The van der Waals surface area contributed by atoms with E-state index in [-0.39, 0.29) is 5.91 Å². The van der Waals surface area contributed by atoms with Crippen LogP contribution in [-0.2, 0) is 4.79 Å². The fourth-order valence-electron chi connectivity index (χ4n) is 1.93. The third-order valence-corrected chi connectivity index (χ3v) is 4.21. The number of rotatable bonds is 8. The lowest BCUT2D eigenvalue weighted by atomic mass is 10.3. The molecule has 0 aliphatic heterocycles. The zero-order valence-corrected chi connectivity index (χ0v) is 14.5. The fourth-order valence-corrected chi connectivity index (χ4v) is 2.76. The second kappa shape index (κ2) is 8.53. The van der Waals surface area contributed by atoms with E-state index in [4.69, 9.17) is 9.47 Å². The van der Waals surface area contributed by atoms with Gasteiger partial charge in [0.1, 0.15) is 11.5 Å². The highest BCUT2D eigenvalue weighted by molar-refractivity contribution is 7.15. The van der Waals surface area contributed by atoms with Crippen LogP contribution in [0.3, 0.4) is 0 Å². The Labute approximate surface area is 140 Å². The molecule has 0 saturated heterocycles. The number of amides is 1. The molecule has 0 atom stereocenters. The lowest BCUT2D eigenvalue weighted by molar-refractivity contribution is -0.116. The summed E-state index contributed by atoms with van der Waals surface area (Å²) in [6.45, 7) is 7.02. The highest BCUT2D eigenvalue weighted by atomic mass is 32.1. The Morgan fingerprint density at radius 1 is 1.17 bits per heavy atom. The van der Waals surface area contributed by atoms with E-state index in [9.17, 15) is 4.79 Å². The van der Waals surface area contributed by atoms with Gasteiger partial charge in [-0.2, -0.15) is 0 Å². The molecule has 0 aliphatic carbocycles. The number of nitrogens with zero attached hydrogens (tertiary/aromatic N) is 1. The lowest BCUT2D eigenvalue weighted by Gasteiger charge is -2.07. The Morgan fingerprint density at radius 3 is 2.39 bits per heavy atom. The number of aryl methyl sites for hydroxylation is 2. The molecule has 1 N–H and O–H groups in total. The summed E-state index contributed by atoms with van der Waals surface area (Å²) < 4.78 is 11.0. The number of nitrogens with one attached hydrogen (secondary N) is 1. The molecule has 1 heterocycles. The van der Waals surface area contributed by atoms with E-state index in [0.29, 0.717) is 31.2 Å². The number of hydrogen-bond acceptors (Lipinski definition) is 5. The minimum atomic E-state index is -0.0333. The van der Waals surface area contributed by atoms with Crippen LogP contribution in [0.2, 0.25) is 0 Å². The number of hydrogen-bond donors (Lipinski definition) is 1. The highest BCUT2D eigenvalue weighted by Gasteiger charge is 2.07. The fraction of sp³-hybridized carbons (Fsp3) is 0.412. The summed E-state index contributed by atoms with van der Waals surface area (Å²) in [7, 11) is 0. The molecule has 0 saturated carbocycles. The van der Waals surface area contributed by atoms with Crippen molar-refractivity contribution in [1.29, 1.82) is 0 Å². The lowest BCUT2D eigenvalue weighted by Crippen LogP contribution is -2.12. The summed E-state index contributed by atoms with van der Waals surface area (Å²) in [5, 5.41) is 3.48. The van der Waals surface area contributed by atoms with E-state index in [2.05, 4.69) is 10.3 Å². The maximum atomic E-state index is 11.8. The van der Waals surface area contributed by atoms with Gasteiger partial charge in [-0.1, -0.05) is 0 Å². The highest BCUT2D eigenvalue weighted by Crippen LogP contribution is 2.21. The molecule has 0 aliphatic rings. The molecule has 5 nitrogen and oxygen atoms in total. The van der Waals surface area contributed by atoms with E-state index >= 15 is 0 Å². The standard InChI is InChI=1S/C17H22N2O3S/c1-4-21-14-7-9-15(10-8-14)22-11-5-6-16(20)19-17-18-12(2)13(3)23-17/h7-10H,4-6,11H2,1-3H3,(H,18,19,20). The van der Waals surface area contributed by atoms with Crippen LogP contribution in [0.4, 0.5) is 5.13 Å². The van der Waals surface area contributed by atoms with Crippen LogP contribution in [0.1, 0.15) is 30.3 Å². The van der Waals surface area contributed by atoms with Crippen molar-refractivity contribution in [3.05, 3.63) is 34.8 Å². The monoisotopic (exact) mass is 334 g/mol. The van der Waals surface area contributed by atoms with Gasteiger partial charge in [-0.3, -0.25) is 4.79 Å². The van der Waals surface area contributed by atoms with Gasteiger partial charge < -0.3 is 14.8 Å². The maximum absolute atomic E-state index is 11.8. The molecule has 23 heavy (non-hydrogen) atoms. The molecule has 0 bridgehead atoms. The number of ether oxygens (including phenoxy) is 2. The Hall–Kier alpha value is -2.08. The van der Waals surface area contributed by atoms with Gasteiger partial charge >= 0.3 is 0 Å². The van der Waals surface area contributed by atoms with Crippen LogP contribution < -0.4 is 14.8 Å². The Morgan fingerprint density at radius 2 is 1.83 bits per heavy atom. The van der Waals surface area contributed by atoms with E-state index < -0.39 is 0 Å². The third kappa shape index (κ3) is 5.56. The predicted molar refractivity (Wildman–Crippen MR) is 92.6 cm³/mol. The number of aromatic nitrogens is 1. The summed E-state index contributed by atoms with van der Waals surface area (Å²) in [4.78, 5) is 17.3. The summed E-state index contributed by atoms with van der Waals surface area (Å²) in [5.41, 5.74) is 0.962. The van der Waals surface area contributed by atoms with Crippen molar-refractivity contribution < 1.29 is 14.3 Å². The zero-order valence-electron chi connectivity index (χ0n) is 13.7. The van der Waals surface area contributed by atoms with Gasteiger partial charge in [0.25, 0.3) is 0 Å².